The first-order chi connectivity index (χ1) is 5.27. The van der Waals surface area contributed by atoms with Crippen LogP contribution in [0.4, 0.5) is 0 Å². The van der Waals surface area contributed by atoms with Gasteiger partial charge in [0.1, 0.15) is 0 Å². The fourth-order valence-electron chi connectivity index (χ4n) is 0.941. The number of fused-ring (bicyclic) bond motifs is 1. The fourth-order valence-corrected chi connectivity index (χ4v) is 1.94. The Kier molecular flexibility index (Phi) is 1.55. The molecule has 1 aromatic carbocycles. The van der Waals surface area contributed by atoms with Crippen molar-refractivity contribution in [1.82, 2.24) is 0 Å². The van der Waals surface area contributed by atoms with Gasteiger partial charge in [0.2, 0.25) is 0 Å². The standard InChI is InChI=1S/C7H4ClNOS/c8-6-1-2-7-5(3-6)4-9-11(7)10/h1-4H. The SMILES string of the molecule is O=S1N=Cc2cc(Cl)ccc21. The van der Waals surface area contributed by atoms with Crippen molar-refractivity contribution in [3.05, 3.63) is 28.8 Å². The third kappa shape index (κ3) is 1.10. The smallest absolute Gasteiger partial charge is 0.173 e. The number of nitrogens with zero attached hydrogens (tertiary/aromatic N) is 1. The molecule has 1 atom stereocenters. The van der Waals surface area contributed by atoms with Gasteiger partial charge in [-0.2, -0.15) is 4.40 Å². The highest BCUT2D eigenvalue weighted by atomic mass is 35.5. The molecule has 1 heterocycles. The second-order valence-corrected chi connectivity index (χ2v) is 3.75. The van der Waals surface area contributed by atoms with Gasteiger partial charge in [0.25, 0.3) is 0 Å². The van der Waals surface area contributed by atoms with E-state index in [4.69, 9.17) is 11.6 Å². The Bertz CT molecular complexity index is 361. The first kappa shape index (κ1) is 7.00. The number of rotatable bonds is 0. The van der Waals surface area contributed by atoms with E-state index in [1.54, 1.807) is 24.4 Å². The highest BCUT2D eigenvalue weighted by molar-refractivity contribution is 7.84. The summed E-state index contributed by atoms with van der Waals surface area (Å²) in [5, 5.41) is 0.647. The molecular weight excluding hydrogens is 182 g/mol. The van der Waals surface area contributed by atoms with Gasteiger partial charge in [-0.25, -0.2) is 4.21 Å². The summed E-state index contributed by atoms with van der Waals surface area (Å²) in [6.07, 6.45) is 1.58. The van der Waals surface area contributed by atoms with Crippen molar-refractivity contribution in [2.24, 2.45) is 4.40 Å². The Morgan fingerprint density at radius 2 is 2.27 bits per heavy atom. The van der Waals surface area contributed by atoms with Gasteiger partial charge in [-0.15, -0.1) is 0 Å². The molecule has 1 unspecified atom stereocenters. The van der Waals surface area contributed by atoms with Crippen LogP contribution in [-0.4, -0.2) is 10.4 Å². The third-order valence-corrected chi connectivity index (χ3v) is 2.73. The molecule has 0 saturated carbocycles. The van der Waals surface area contributed by atoms with E-state index in [1.807, 2.05) is 0 Å². The first-order valence-corrected chi connectivity index (χ1v) is 4.51. The molecular formula is C7H4ClNOS. The minimum Gasteiger partial charge on any atom is -0.229 e. The van der Waals surface area contributed by atoms with E-state index in [-0.39, 0.29) is 0 Å². The number of benzene rings is 1. The number of halogens is 1. The maximum atomic E-state index is 11.0. The average Bonchev–Trinajstić information content (AvgIpc) is 2.32. The van der Waals surface area contributed by atoms with Crippen molar-refractivity contribution in [3.63, 3.8) is 0 Å². The molecule has 1 aliphatic rings. The molecule has 2 rings (SSSR count). The molecule has 2 nitrogen and oxygen atoms in total. The van der Waals surface area contributed by atoms with Gasteiger partial charge in [0, 0.05) is 16.8 Å². The monoisotopic (exact) mass is 185 g/mol. The molecule has 0 aromatic heterocycles. The molecule has 0 aliphatic carbocycles. The van der Waals surface area contributed by atoms with Crippen LogP contribution in [-0.2, 0) is 11.0 Å². The Hall–Kier alpha value is -0.670. The molecule has 1 aliphatic heterocycles. The number of hydrogen-bond acceptors (Lipinski definition) is 1. The van der Waals surface area contributed by atoms with Crippen LogP contribution in [0.3, 0.4) is 0 Å². The van der Waals surface area contributed by atoms with Crippen LogP contribution >= 0.6 is 11.6 Å². The van der Waals surface area contributed by atoms with Gasteiger partial charge in [0.05, 0.1) is 4.90 Å². The summed E-state index contributed by atoms with van der Waals surface area (Å²) in [4.78, 5) is 0.745. The predicted molar refractivity (Wildman–Crippen MR) is 45.5 cm³/mol. The zero-order valence-corrected chi connectivity index (χ0v) is 7.02. The van der Waals surface area contributed by atoms with E-state index >= 15 is 0 Å². The normalized spacial score (nSPS) is 20.3. The van der Waals surface area contributed by atoms with Crippen molar-refractivity contribution in [1.29, 1.82) is 0 Å². The molecule has 0 saturated heterocycles. The van der Waals surface area contributed by atoms with Gasteiger partial charge in [-0.3, -0.25) is 0 Å². The lowest BCUT2D eigenvalue weighted by atomic mass is 10.2. The molecule has 4 heteroatoms. The van der Waals surface area contributed by atoms with E-state index in [0.29, 0.717) is 5.02 Å². The summed E-state index contributed by atoms with van der Waals surface area (Å²) in [6.45, 7) is 0. The van der Waals surface area contributed by atoms with Crippen molar-refractivity contribution < 1.29 is 4.21 Å². The van der Waals surface area contributed by atoms with Gasteiger partial charge in [0.15, 0.2) is 11.0 Å². The zero-order valence-electron chi connectivity index (χ0n) is 5.45. The second-order valence-electron chi connectivity index (χ2n) is 2.17. The largest absolute Gasteiger partial charge is 0.229 e. The second kappa shape index (κ2) is 2.43. The molecule has 0 N–H and O–H groups in total. The molecule has 0 bridgehead atoms. The average molecular weight is 186 g/mol. The van der Waals surface area contributed by atoms with Gasteiger partial charge in [-0.1, -0.05) is 11.6 Å². The topological polar surface area (TPSA) is 29.4 Å². The molecule has 56 valence electrons. The maximum absolute atomic E-state index is 11.0. The van der Waals surface area contributed by atoms with E-state index in [9.17, 15) is 4.21 Å². The van der Waals surface area contributed by atoms with E-state index in [2.05, 4.69) is 4.40 Å². The minimum absolute atomic E-state index is 0.647. The van der Waals surface area contributed by atoms with Gasteiger partial charge >= 0.3 is 0 Å². The fraction of sp³-hybridized carbons (Fsp3) is 0. The summed E-state index contributed by atoms with van der Waals surface area (Å²) >= 11 is 5.71. The maximum Gasteiger partial charge on any atom is 0.173 e. The van der Waals surface area contributed by atoms with Crippen molar-refractivity contribution in [3.8, 4) is 0 Å². The van der Waals surface area contributed by atoms with Crippen LogP contribution in [0, 0.1) is 0 Å². The summed E-state index contributed by atoms with van der Waals surface area (Å²) in [5.41, 5.74) is 0.857. The Labute approximate surface area is 71.5 Å². The molecule has 0 amide bonds. The van der Waals surface area contributed by atoms with Crippen molar-refractivity contribution in [2.75, 3.05) is 0 Å². The lowest BCUT2D eigenvalue weighted by molar-refractivity contribution is 0.685. The molecule has 0 spiro atoms. The minimum atomic E-state index is -1.20. The summed E-state index contributed by atoms with van der Waals surface area (Å²) in [7, 11) is -1.20. The van der Waals surface area contributed by atoms with E-state index < -0.39 is 11.0 Å². The molecule has 0 radical (unpaired) electrons. The predicted octanol–water partition coefficient (Wildman–Crippen LogP) is 1.80. The molecule has 0 fully saturated rings. The van der Waals surface area contributed by atoms with Crippen LogP contribution in [0.25, 0.3) is 0 Å². The highest BCUT2D eigenvalue weighted by Crippen LogP contribution is 2.22. The Balaban J connectivity index is 2.66. The molecule has 11 heavy (non-hydrogen) atoms. The first-order valence-electron chi connectivity index (χ1n) is 3.03. The lowest BCUT2D eigenvalue weighted by Crippen LogP contribution is -1.83. The van der Waals surface area contributed by atoms with Crippen LogP contribution in [0.1, 0.15) is 5.56 Å². The van der Waals surface area contributed by atoms with Crippen LogP contribution < -0.4 is 0 Å². The Morgan fingerprint density at radius 3 is 3.09 bits per heavy atom. The van der Waals surface area contributed by atoms with Crippen molar-refractivity contribution >= 4 is 28.8 Å². The van der Waals surface area contributed by atoms with Crippen molar-refractivity contribution in [2.45, 2.75) is 4.90 Å². The van der Waals surface area contributed by atoms with E-state index in [1.165, 1.54) is 0 Å². The van der Waals surface area contributed by atoms with E-state index in [0.717, 1.165) is 10.5 Å². The number of hydrogen-bond donors (Lipinski definition) is 0. The summed E-state index contributed by atoms with van der Waals surface area (Å²) < 4.78 is 14.8. The van der Waals surface area contributed by atoms with Gasteiger partial charge in [-0.05, 0) is 18.2 Å². The summed E-state index contributed by atoms with van der Waals surface area (Å²) in [5.74, 6) is 0. The zero-order chi connectivity index (χ0) is 7.84. The van der Waals surface area contributed by atoms with Crippen LogP contribution in [0.5, 0.6) is 0 Å². The Morgan fingerprint density at radius 1 is 1.45 bits per heavy atom. The quantitative estimate of drug-likeness (QED) is 0.606. The van der Waals surface area contributed by atoms with Gasteiger partial charge < -0.3 is 0 Å². The lowest BCUT2D eigenvalue weighted by Gasteiger charge is -1.93. The summed E-state index contributed by atoms with van der Waals surface area (Å²) in [6, 6.07) is 5.21. The third-order valence-electron chi connectivity index (χ3n) is 1.45. The highest BCUT2D eigenvalue weighted by Gasteiger charge is 2.12. The molecule has 1 aromatic rings. The van der Waals surface area contributed by atoms with Crippen LogP contribution in [0.15, 0.2) is 27.5 Å². The van der Waals surface area contributed by atoms with Crippen LogP contribution in [0.2, 0.25) is 5.02 Å².